The van der Waals surface area contributed by atoms with Crippen molar-refractivity contribution in [2.45, 2.75) is 40.5 Å². The number of aromatic amines is 1. The standard InChI is InChI=1S/C22H28N2O4/c1-14(2)7-6-8-15(3)11-12-27-20-18-10-9-17(23-5)13-19(18)24-22(26)21(20)28-16(4)25/h7,9-11,13,23H,6,8,12H2,1-5H3,(H,24,26)/b15-11+. The van der Waals surface area contributed by atoms with Crippen LogP contribution in [0.3, 0.4) is 0 Å². The summed E-state index contributed by atoms with van der Waals surface area (Å²) in [5.74, 6) is -0.423. The van der Waals surface area contributed by atoms with Gasteiger partial charge >= 0.3 is 5.97 Å². The number of hydrogen-bond acceptors (Lipinski definition) is 5. The molecule has 0 saturated heterocycles. The van der Waals surface area contributed by atoms with Gasteiger partial charge in [-0.3, -0.25) is 9.59 Å². The van der Waals surface area contributed by atoms with E-state index in [-0.39, 0.29) is 18.1 Å². The second kappa shape index (κ2) is 9.78. The number of fused-ring (bicyclic) bond motifs is 1. The maximum atomic E-state index is 12.4. The van der Waals surface area contributed by atoms with Gasteiger partial charge in [-0.1, -0.05) is 17.2 Å². The van der Waals surface area contributed by atoms with E-state index >= 15 is 0 Å². The van der Waals surface area contributed by atoms with Crippen LogP contribution in [0, 0.1) is 0 Å². The summed E-state index contributed by atoms with van der Waals surface area (Å²) in [6, 6.07) is 5.50. The van der Waals surface area contributed by atoms with E-state index in [2.05, 4.69) is 30.2 Å². The molecule has 0 aliphatic rings. The Morgan fingerprint density at radius 3 is 2.54 bits per heavy atom. The highest BCUT2D eigenvalue weighted by molar-refractivity contribution is 5.90. The largest absolute Gasteiger partial charge is 0.485 e. The van der Waals surface area contributed by atoms with Crippen LogP contribution in [-0.2, 0) is 4.79 Å². The average molecular weight is 384 g/mol. The predicted octanol–water partition coefficient (Wildman–Crippen LogP) is 4.57. The van der Waals surface area contributed by atoms with Gasteiger partial charge in [-0.15, -0.1) is 0 Å². The summed E-state index contributed by atoms with van der Waals surface area (Å²) in [5.41, 5.74) is 3.44. The van der Waals surface area contributed by atoms with Gasteiger partial charge in [0, 0.05) is 25.0 Å². The molecule has 2 rings (SSSR count). The fraction of sp³-hybridized carbons (Fsp3) is 0.364. The summed E-state index contributed by atoms with van der Waals surface area (Å²) in [7, 11) is 1.80. The Morgan fingerprint density at radius 2 is 1.89 bits per heavy atom. The van der Waals surface area contributed by atoms with Crippen molar-refractivity contribution in [2.24, 2.45) is 0 Å². The topological polar surface area (TPSA) is 80.4 Å². The first-order valence-corrected chi connectivity index (χ1v) is 9.29. The van der Waals surface area contributed by atoms with Crippen LogP contribution in [0.4, 0.5) is 5.69 Å². The van der Waals surface area contributed by atoms with Gasteiger partial charge < -0.3 is 19.8 Å². The van der Waals surface area contributed by atoms with E-state index in [1.54, 1.807) is 7.05 Å². The molecule has 0 aliphatic heterocycles. The lowest BCUT2D eigenvalue weighted by molar-refractivity contribution is -0.132. The third-order valence-corrected chi connectivity index (χ3v) is 4.21. The monoisotopic (exact) mass is 384 g/mol. The molecule has 1 heterocycles. The smallest absolute Gasteiger partial charge is 0.308 e. The first-order chi connectivity index (χ1) is 13.3. The summed E-state index contributed by atoms with van der Waals surface area (Å²) in [5, 5.41) is 3.70. The van der Waals surface area contributed by atoms with Crippen molar-refractivity contribution in [3.8, 4) is 11.5 Å². The van der Waals surface area contributed by atoms with Crippen LogP contribution in [0.1, 0.15) is 40.5 Å². The number of esters is 1. The molecule has 28 heavy (non-hydrogen) atoms. The summed E-state index contributed by atoms with van der Waals surface area (Å²) in [6.45, 7) is 7.74. The minimum atomic E-state index is -0.574. The van der Waals surface area contributed by atoms with Crippen LogP contribution in [-0.4, -0.2) is 24.6 Å². The van der Waals surface area contributed by atoms with Crippen molar-refractivity contribution in [2.75, 3.05) is 19.0 Å². The number of allylic oxidation sites excluding steroid dienone is 3. The maximum absolute atomic E-state index is 12.4. The van der Waals surface area contributed by atoms with Crippen LogP contribution >= 0.6 is 0 Å². The first kappa shape index (κ1) is 21.3. The van der Waals surface area contributed by atoms with Crippen LogP contribution in [0.5, 0.6) is 11.5 Å². The lowest BCUT2D eigenvalue weighted by Crippen LogP contribution is -2.16. The Hall–Kier alpha value is -3.02. The summed E-state index contributed by atoms with van der Waals surface area (Å²) < 4.78 is 11.0. The highest BCUT2D eigenvalue weighted by Gasteiger charge is 2.17. The summed E-state index contributed by atoms with van der Waals surface area (Å²) in [6.07, 6.45) is 6.09. The number of H-pyrrole nitrogens is 1. The van der Waals surface area contributed by atoms with E-state index in [0.717, 1.165) is 18.5 Å². The summed E-state index contributed by atoms with van der Waals surface area (Å²) >= 11 is 0. The van der Waals surface area contributed by atoms with E-state index in [1.807, 2.05) is 31.2 Å². The van der Waals surface area contributed by atoms with Gasteiger partial charge in [0.25, 0.3) is 5.56 Å². The van der Waals surface area contributed by atoms with Gasteiger partial charge in [0.1, 0.15) is 6.61 Å². The van der Waals surface area contributed by atoms with E-state index in [0.29, 0.717) is 10.9 Å². The Morgan fingerprint density at radius 1 is 1.14 bits per heavy atom. The molecular formula is C22H28N2O4. The summed E-state index contributed by atoms with van der Waals surface area (Å²) in [4.78, 5) is 26.6. The number of aromatic nitrogens is 1. The molecule has 0 amide bonds. The molecule has 6 nitrogen and oxygen atoms in total. The molecule has 150 valence electrons. The number of carbonyl (C=O) groups excluding carboxylic acids is 1. The zero-order chi connectivity index (χ0) is 20.7. The van der Waals surface area contributed by atoms with Gasteiger partial charge in [0.05, 0.1) is 5.52 Å². The molecule has 0 radical (unpaired) electrons. The number of nitrogens with one attached hydrogen (secondary N) is 2. The van der Waals surface area contributed by atoms with E-state index in [1.165, 1.54) is 18.1 Å². The lowest BCUT2D eigenvalue weighted by atomic mass is 10.1. The van der Waals surface area contributed by atoms with Crippen LogP contribution in [0.25, 0.3) is 10.9 Å². The number of hydrogen-bond donors (Lipinski definition) is 2. The van der Waals surface area contributed by atoms with Crippen LogP contribution < -0.4 is 20.3 Å². The zero-order valence-electron chi connectivity index (χ0n) is 17.1. The predicted molar refractivity (Wildman–Crippen MR) is 113 cm³/mol. The second-order valence-corrected chi connectivity index (χ2v) is 6.90. The molecule has 1 aromatic carbocycles. The highest BCUT2D eigenvalue weighted by Crippen LogP contribution is 2.33. The van der Waals surface area contributed by atoms with Gasteiger partial charge in [0.2, 0.25) is 5.75 Å². The lowest BCUT2D eigenvalue weighted by Gasteiger charge is -2.13. The Bertz CT molecular complexity index is 966. The molecule has 0 unspecified atom stereocenters. The Labute approximate surface area is 165 Å². The fourth-order valence-electron chi connectivity index (χ4n) is 2.74. The molecule has 0 fully saturated rings. The second-order valence-electron chi connectivity index (χ2n) is 6.90. The van der Waals surface area contributed by atoms with Gasteiger partial charge in [-0.05, 0) is 57.9 Å². The minimum Gasteiger partial charge on any atom is -0.485 e. The van der Waals surface area contributed by atoms with Crippen LogP contribution in [0.2, 0.25) is 0 Å². The van der Waals surface area contributed by atoms with Crippen molar-refractivity contribution in [1.29, 1.82) is 0 Å². The van der Waals surface area contributed by atoms with E-state index in [4.69, 9.17) is 9.47 Å². The molecule has 2 N–H and O–H groups in total. The molecule has 0 saturated carbocycles. The molecule has 0 bridgehead atoms. The van der Waals surface area contributed by atoms with Crippen molar-refractivity contribution in [1.82, 2.24) is 4.98 Å². The highest BCUT2D eigenvalue weighted by atomic mass is 16.6. The average Bonchev–Trinajstić information content (AvgIpc) is 2.63. The number of rotatable bonds is 8. The number of pyridine rings is 1. The Kier molecular flexibility index (Phi) is 7.44. The van der Waals surface area contributed by atoms with E-state index < -0.39 is 11.5 Å². The fourth-order valence-corrected chi connectivity index (χ4v) is 2.74. The third-order valence-electron chi connectivity index (χ3n) is 4.21. The van der Waals surface area contributed by atoms with Gasteiger partial charge in [0.15, 0.2) is 5.75 Å². The number of anilines is 1. The minimum absolute atomic E-state index is 0.118. The Balaban J connectivity index is 2.33. The first-order valence-electron chi connectivity index (χ1n) is 9.29. The number of benzene rings is 1. The molecule has 0 spiro atoms. The number of ether oxygens (including phenoxy) is 2. The molecular weight excluding hydrogens is 356 g/mol. The molecule has 6 heteroatoms. The van der Waals surface area contributed by atoms with Crippen molar-refractivity contribution < 1.29 is 14.3 Å². The van der Waals surface area contributed by atoms with Crippen molar-refractivity contribution in [3.05, 3.63) is 51.9 Å². The normalized spacial score (nSPS) is 11.2. The SMILES string of the molecule is CNc1ccc2c(OC/C=C(\C)CCC=C(C)C)c(OC(C)=O)c(=O)[nH]c2c1. The molecule has 0 aliphatic carbocycles. The number of carbonyl (C=O) groups is 1. The van der Waals surface area contributed by atoms with Gasteiger partial charge in [-0.25, -0.2) is 0 Å². The molecule has 1 aromatic heterocycles. The van der Waals surface area contributed by atoms with Crippen LogP contribution in [0.15, 0.2) is 46.3 Å². The maximum Gasteiger partial charge on any atom is 0.308 e. The van der Waals surface area contributed by atoms with E-state index in [9.17, 15) is 9.59 Å². The molecule has 0 atom stereocenters. The van der Waals surface area contributed by atoms with Gasteiger partial charge in [-0.2, -0.15) is 0 Å². The zero-order valence-corrected chi connectivity index (χ0v) is 17.1. The molecule has 2 aromatic rings. The third kappa shape index (κ3) is 5.74. The van der Waals surface area contributed by atoms with Crippen molar-refractivity contribution in [3.63, 3.8) is 0 Å². The van der Waals surface area contributed by atoms with Crippen molar-refractivity contribution >= 4 is 22.6 Å². The quantitative estimate of drug-likeness (QED) is 0.515.